The van der Waals surface area contributed by atoms with Crippen molar-refractivity contribution < 1.29 is 14.3 Å². The maximum atomic E-state index is 12.7. The number of carbonyl (C=O) groups is 1. The largest absolute Gasteiger partial charge is 0.491 e. The van der Waals surface area contributed by atoms with Crippen molar-refractivity contribution in [2.24, 2.45) is 0 Å². The normalized spacial score (nSPS) is 14.4. The Kier molecular flexibility index (Phi) is 8.22. The van der Waals surface area contributed by atoms with Gasteiger partial charge in [-0.05, 0) is 63.5 Å². The Labute approximate surface area is 171 Å². The van der Waals surface area contributed by atoms with Gasteiger partial charge in [0.15, 0.2) is 5.69 Å². The summed E-state index contributed by atoms with van der Waals surface area (Å²) < 4.78 is 12.5. The van der Waals surface area contributed by atoms with Gasteiger partial charge in [0.1, 0.15) is 12.4 Å². The van der Waals surface area contributed by atoms with Gasteiger partial charge in [0.25, 0.3) is 5.91 Å². The number of rotatable bonds is 7. The van der Waals surface area contributed by atoms with Crippen molar-refractivity contribution in [1.29, 1.82) is 0 Å². The lowest BCUT2D eigenvalue weighted by molar-refractivity contribution is 0.102. The second-order valence-electron chi connectivity index (χ2n) is 6.72. The molecule has 0 unspecified atom stereocenters. The van der Waals surface area contributed by atoms with Crippen LogP contribution in [-0.2, 0) is 4.74 Å². The number of aromatic nitrogens is 3. The molecule has 0 radical (unpaired) electrons. The van der Waals surface area contributed by atoms with Crippen molar-refractivity contribution in [3.05, 3.63) is 35.2 Å². The smallest absolute Gasteiger partial charge is 0.278 e. The monoisotopic (exact) mass is 409 g/mol. The highest BCUT2D eigenvalue weighted by Crippen LogP contribution is 2.23. The molecule has 1 aliphatic heterocycles. The molecule has 8 nitrogen and oxygen atoms in total. The number of methoxy groups -OCH3 is 1. The summed E-state index contributed by atoms with van der Waals surface area (Å²) >= 11 is 0. The summed E-state index contributed by atoms with van der Waals surface area (Å²) in [5.74, 6) is 0.499. The number of nitrogens with zero attached hydrogens (tertiary/aromatic N) is 3. The summed E-state index contributed by atoms with van der Waals surface area (Å²) in [5, 5.41) is 14.6. The van der Waals surface area contributed by atoms with Crippen molar-refractivity contribution in [3.63, 3.8) is 0 Å². The molecular formula is C19H28ClN5O3. The second kappa shape index (κ2) is 10.4. The highest BCUT2D eigenvalue weighted by atomic mass is 35.5. The maximum absolute atomic E-state index is 12.7. The maximum Gasteiger partial charge on any atom is 0.278 e. The van der Waals surface area contributed by atoms with Gasteiger partial charge < -0.3 is 20.1 Å². The van der Waals surface area contributed by atoms with Crippen LogP contribution in [0.15, 0.2) is 18.2 Å². The molecule has 0 aliphatic carbocycles. The number of benzene rings is 1. The van der Waals surface area contributed by atoms with Crippen LogP contribution >= 0.6 is 12.4 Å². The van der Waals surface area contributed by atoms with E-state index in [0.29, 0.717) is 24.9 Å². The lowest BCUT2D eigenvalue weighted by atomic mass is 10.1. The summed E-state index contributed by atoms with van der Waals surface area (Å²) in [5.41, 5.74) is 2.82. The van der Waals surface area contributed by atoms with E-state index in [4.69, 9.17) is 9.47 Å². The van der Waals surface area contributed by atoms with Gasteiger partial charge in [0, 0.05) is 12.8 Å². The number of hydrogen-bond acceptors (Lipinski definition) is 6. The van der Waals surface area contributed by atoms with Gasteiger partial charge in [0.2, 0.25) is 0 Å². The summed E-state index contributed by atoms with van der Waals surface area (Å²) in [6.45, 7) is 6.77. The fourth-order valence-corrected chi connectivity index (χ4v) is 3.24. The third-order valence-electron chi connectivity index (χ3n) is 4.80. The SMILES string of the molecule is COCCOc1ccc(NC(=O)c2nnn(C3CCNCC3)c2C)c(C)c1.Cl. The van der Waals surface area contributed by atoms with Gasteiger partial charge >= 0.3 is 0 Å². The van der Waals surface area contributed by atoms with Crippen molar-refractivity contribution in [2.45, 2.75) is 32.7 Å². The van der Waals surface area contributed by atoms with Gasteiger partial charge in [-0.15, -0.1) is 17.5 Å². The lowest BCUT2D eigenvalue weighted by Crippen LogP contribution is -2.30. The summed E-state index contributed by atoms with van der Waals surface area (Å²) in [6.07, 6.45) is 1.99. The number of nitrogens with one attached hydrogen (secondary N) is 2. The summed E-state index contributed by atoms with van der Waals surface area (Å²) in [7, 11) is 1.64. The number of ether oxygens (including phenoxy) is 2. The lowest BCUT2D eigenvalue weighted by Gasteiger charge is -2.23. The summed E-state index contributed by atoms with van der Waals surface area (Å²) in [6, 6.07) is 5.86. The molecule has 1 fully saturated rings. The fraction of sp³-hybridized carbons (Fsp3) is 0.526. The molecule has 1 amide bonds. The molecule has 1 saturated heterocycles. The van der Waals surface area contributed by atoms with Gasteiger partial charge in [0.05, 0.1) is 18.3 Å². The average Bonchev–Trinajstić information content (AvgIpc) is 3.06. The molecule has 1 aromatic carbocycles. The summed E-state index contributed by atoms with van der Waals surface area (Å²) in [4.78, 5) is 12.7. The number of aryl methyl sites for hydroxylation is 1. The van der Waals surface area contributed by atoms with Gasteiger partial charge in [-0.2, -0.15) is 0 Å². The number of anilines is 1. The standard InChI is InChI=1S/C19H27N5O3.ClH/c1-13-12-16(27-11-10-26-3)4-5-17(13)21-19(25)18-14(2)24(23-22-18)15-6-8-20-9-7-15;/h4-5,12,15,20H,6-11H2,1-3H3,(H,21,25);1H. The molecule has 28 heavy (non-hydrogen) atoms. The zero-order valence-electron chi connectivity index (χ0n) is 16.5. The highest BCUT2D eigenvalue weighted by Gasteiger charge is 2.23. The van der Waals surface area contributed by atoms with Crippen LogP contribution in [0.25, 0.3) is 0 Å². The molecule has 3 rings (SSSR count). The molecule has 0 bridgehead atoms. The average molecular weight is 410 g/mol. The molecule has 2 aromatic rings. The molecule has 2 heterocycles. The number of halogens is 1. The molecule has 1 aromatic heterocycles. The first-order valence-electron chi connectivity index (χ1n) is 9.26. The van der Waals surface area contributed by atoms with E-state index < -0.39 is 0 Å². The number of amides is 1. The van der Waals surface area contributed by atoms with E-state index >= 15 is 0 Å². The van der Waals surface area contributed by atoms with Crippen LogP contribution in [0, 0.1) is 13.8 Å². The topological polar surface area (TPSA) is 90.3 Å². The van der Waals surface area contributed by atoms with Gasteiger partial charge in [-0.1, -0.05) is 5.21 Å². The van der Waals surface area contributed by atoms with E-state index in [0.717, 1.165) is 48.6 Å². The van der Waals surface area contributed by atoms with E-state index in [1.54, 1.807) is 7.11 Å². The Hall–Kier alpha value is -2.16. The zero-order chi connectivity index (χ0) is 19.2. The molecule has 154 valence electrons. The third-order valence-corrected chi connectivity index (χ3v) is 4.80. The first-order valence-corrected chi connectivity index (χ1v) is 9.26. The molecule has 0 saturated carbocycles. The van der Waals surface area contributed by atoms with E-state index in [2.05, 4.69) is 20.9 Å². The highest BCUT2D eigenvalue weighted by molar-refractivity contribution is 6.03. The van der Waals surface area contributed by atoms with Crippen LogP contribution in [0.2, 0.25) is 0 Å². The number of piperidine rings is 1. The van der Waals surface area contributed by atoms with Crippen LogP contribution < -0.4 is 15.4 Å². The van der Waals surface area contributed by atoms with Crippen LogP contribution in [-0.4, -0.2) is 54.3 Å². The molecule has 2 N–H and O–H groups in total. The van der Waals surface area contributed by atoms with Crippen molar-refractivity contribution in [3.8, 4) is 5.75 Å². The molecule has 1 aliphatic rings. The Morgan fingerprint density at radius 2 is 2.04 bits per heavy atom. The minimum atomic E-state index is -0.246. The zero-order valence-corrected chi connectivity index (χ0v) is 17.3. The van der Waals surface area contributed by atoms with Gasteiger partial charge in [-0.25, -0.2) is 4.68 Å². The molecular weight excluding hydrogens is 382 g/mol. The van der Waals surface area contributed by atoms with E-state index in [-0.39, 0.29) is 18.3 Å². The molecule has 0 atom stereocenters. The number of hydrogen-bond donors (Lipinski definition) is 2. The Morgan fingerprint density at radius 1 is 1.29 bits per heavy atom. The van der Waals surface area contributed by atoms with Crippen molar-refractivity contribution in [1.82, 2.24) is 20.3 Å². The third kappa shape index (κ3) is 5.21. The van der Waals surface area contributed by atoms with Crippen molar-refractivity contribution >= 4 is 24.0 Å². The van der Waals surface area contributed by atoms with E-state index in [9.17, 15) is 4.79 Å². The second-order valence-corrected chi connectivity index (χ2v) is 6.72. The minimum Gasteiger partial charge on any atom is -0.491 e. The van der Waals surface area contributed by atoms with Crippen LogP contribution in [0.3, 0.4) is 0 Å². The Balaban J connectivity index is 0.00000280. The van der Waals surface area contributed by atoms with Gasteiger partial charge in [-0.3, -0.25) is 4.79 Å². The quantitative estimate of drug-likeness (QED) is 0.683. The number of carbonyl (C=O) groups excluding carboxylic acids is 1. The van der Waals surface area contributed by atoms with Crippen LogP contribution in [0.5, 0.6) is 5.75 Å². The predicted molar refractivity (Wildman–Crippen MR) is 110 cm³/mol. The van der Waals surface area contributed by atoms with E-state index in [1.165, 1.54) is 0 Å². The first-order chi connectivity index (χ1) is 13.1. The van der Waals surface area contributed by atoms with Crippen molar-refractivity contribution in [2.75, 3.05) is 38.7 Å². The van der Waals surface area contributed by atoms with Crippen LogP contribution in [0.4, 0.5) is 5.69 Å². The first kappa shape index (κ1) is 22.1. The Morgan fingerprint density at radius 3 is 2.71 bits per heavy atom. The van der Waals surface area contributed by atoms with Crippen LogP contribution in [0.1, 0.15) is 40.6 Å². The minimum absolute atomic E-state index is 0. The van der Waals surface area contributed by atoms with E-state index in [1.807, 2.05) is 36.7 Å². The Bertz CT molecular complexity index is 790. The predicted octanol–water partition coefficient (Wildman–Crippen LogP) is 2.52. The molecule has 0 spiro atoms. The molecule has 9 heteroatoms. The fourth-order valence-electron chi connectivity index (χ4n) is 3.24.